The van der Waals surface area contributed by atoms with Crippen molar-refractivity contribution in [2.45, 2.75) is 50.4 Å². The Morgan fingerprint density at radius 2 is 1.55 bits per heavy atom. The van der Waals surface area contributed by atoms with Crippen LogP contribution < -0.4 is 0 Å². The van der Waals surface area contributed by atoms with Gasteiger partial charge in [0.25, 0.3) is 0 Å². The minimum Gasteiger partial charge on any atom is -0.459 e. The fourth-order valence-electron chi connectivity index (χ4n) is 3.46. The molecule has 1 fully saturated rings. The second kappa shape index (κ2) is 10.9. The zero-order valence-electron chi connectivity index (χ0n) is 16.7. The van der Waals surface area contributed by atoms with Gasteiger partial charge < -0.3 is 18.9 Å². The van der Waals surface area contributed by atoms with Gasteiger partial charge in [-0.05, 0) is 11.1 Å². The summed E-state index contributed by atoms with van der Waals surface area (Å²) in [4.78, 5) is 11.7. The van der Waals surface area contributed by atoms with Gasteiger partial charge in [-0.2, -0.15) is 0 Å². The lowest BCUT2D eigenvalue weighted by molar-refractivity contribution is -0.213. The molecule has 2 unspecified atom stereocenters. The second-order valence-corrected chi connectivity index (χ2v) is 8.12. The lowest BCUT2D eigenvalue weighted by atomic mass is 9.91. The van der Waals surface area contributed by atoms with E-state index >= 15 is 0 Å². The van der Waals surface area contributed by atoms with Crippen LogP contribution in [0.4, 0.5) is 0 Å². The fourth-order valence-corrected chi connectivity index (χ4v) is 4.37. The summed E-state index contributed by atoms with van der Waals surface area (Å²) in [7, 11) is 0. The van der Waals surface area contributed by atoms with E-state index in [-0.39, 0.29) is 29.1 Å². The highest BCUT2D eigenvalue weighted by atomic mass is 79.9. The minimum atomic E-state index is -0.446. The third kappa shape index (κ3) is 6.37. The molecule has 2 aromatic carbocycles. The lowest BCUT2D eigenvalue weighted by Gasteiger charge is -2.43. The van der Waals surface area contributed by atoms with Gasteiger partial charge in [-0.25, -0.2) is 0 Å². The minimum absolute atomic E-state index is 0.0638. The Labute approximate surface area is 180 Å². The maximum Gasteiger partial charge on any atom is 0.303 e. The zero-order chi connectivity index (χ0) is 20.6. The molecule has 0 bridgehead atoms. The van der Waals surface area contributed by atoms with Crippen LogP contribution in [0.2, 0.25) is 0 Å². The van der Waals surface area contributed by atoms with E-state index in [0.717, 1.165) is 11.1 Å². The second-order valence-electron chi connectivity index (χ2n) is 7.22. The Balaban J connectivity index is 1.61. The van der Waals surface area contributed by atoms with Gasteiger partial charge in [0.05, 0.1) is 19.8 Å². The predicted molar refractivity (Wildman–Crippen MR) is 113 cm³/mol. The van der Waals surface area contributed by atoms with Crippen molar-refractivity contribution in [3.05, 3.63) is 71.8 Å². The van der Waals surface area contributed by atoms with E-state index in [1.807, 2.05) is 67.6 Å². The molecule has 1 saturated heterocycles. The van der Waals surface area contributed by atoms with Crippen molar-refractivity contribution in [1.29, 1.82) is 0 Å². The molecule has 0 amide bonds. The van der Waals surface area contributed by atoms with Gasteiger partial charge in [0.15, 0.2) is 0 Å². The molecule has 0 saturated carbocycles. The van der Waals surface area contributed by atoms with Gasteiger partial charge in [0.2, 0.25) is 0 Å². The van der Waals surface area contributed by atoms with Gasteiger partial charge >= 0.3 is 5.97 Å². The number of ether oxygens (including phenoxy) is 4. The highest BCUT2D eigenvalue weighted by Crippen LogP contribution is 2.34. The van der Waals surface area contributed by atoms with Gasteiger partial charge in [-0.1, -0.05) is 83.5 Å². The molecule has 29 heavy (non-hydrogen) atoms. The molecule has 0 spiro atoms. The number of rotatable bonds is 8. The lowest BCUT2D eigenvalue weighted by Crippen LogP contribution is -2.55. The van der Waals surface area contributed by atoms with Crippen LogP contribution in [0.25, 0.3) is 0 Å². The first kappa shape index (κ1) is 22.0. The summed E-state index contributed by atoms with van der Waals surface area (Å²) >= 11 is 3.60. The molecule has 2 aromatic rings. The molecule has 3 rings (SSSR count). The van der Waals surface area contributed by atoms with E-state index in [0.29, 0.717) is 19.8 Å². The van der Waals surface area contributed by atoms with E-state index in [1.165, 1.54) is 6.92 Å². The van der Waals surface area contributed by atoms with Crippen molar-refractivity contribution in [1.82, 2.24) is 0 Å². The van der Waals surface area contributed by atoms with Crippen LogP contribution in [0.5, 0.6) is 0 Å². The smallest absolute Gasteiger partial charge is 0.303 e. The summed E-state index contributed by atoms with van der Waals surface area (Å²) in [5.41, 5.74) is 2.16. The Hall–Kier alpha value is -1.73. The van der Waals surface area contributed by atoms with Gasteiger partial charge in [-0.3, -0.25) is 4.79 Å². The molecular weight excluding hydrogens is 436 g/mol. The average Bonchev–Trinajstić information content (AvgIpc) is 2.72. The number of alkyl halides is 1. The fraction of sp³-hybridized carbons (Fsp3) is 0.435. The third-order valence-corrected chi connectivity index (χ3v) is 5.68. The number of halogens is 1. The number of hydrogen-bond acceptors (Lipinski definition) is 5. The SMILES string of the molecule is CC(=O)O[C@H]1C(COCc2ccccc2)O[C@@H](Br)C(OCc2ccccc2)[C@H]1C. The predicted octanol–water partition coefficient (Wildman–Crippen LogP) is 4.48. The van der Waals surface area contributed by atoms with Crippen molar-refractivity contribution in [2.24, 2.45) is 5.92 Å². The first-order valence-corrected chi connectivity index (χ1v) is 10.7. The van der Waals surface area contributed by atoms with Crippen LogP contribution >= 0.6 is 15.9 Å². The normalized spacial score (nSPS) is 26.8. The van der Waals surface area contributed by atoms with Crippen molar-refractivity contribution >= 4 is 21.9 Å². The number of esters is 1. The van der Waals surface area contributed by atoms with Crippen molar-refractivity contribution < 1.29 is 23.7 Å². The first-order chi connectivity index (χ1) is 14.0. The molecule has 0 radical (unpaired) electrons. The quantitative estimate of drug-likeness (QED) is 0.427. The maximum atomic E-state index is 11.7. The summed E-state index contributed by atoms with van der Waals surface area (Å²) in [6.45, 7) is 4.69. The summed E-state index contributed by atoms with van der Waals surface area (Å²) in [5, 5.41) is -0.321. The van der Waals surface area contributed by atoms with Crippen LogP contribution in [-0.2, 0) is 37.0 Å². The van der Waals surface area contributed by atoms with E-state index < -0.39 is 6.10 Å². The largest absolute Gasteiger partial charge is 0.459 e. The van der Waals surface area contributed by atoms with E-state index in [4.69, 9.17) is 18.9 Å². The van der Waals surface area contributed by atoms with Crippen molar-refractivity contribution in [3.8, 4) is 0 Å². The first-order valence-electron chi connectivity index (χ1n) is 9.78. The van der Waals surface area contributed by atoms with Crippen molar-refractivity contribution in [2.75, 3.05) is 6.61 Å². The number of benzene rings is 2. The highest BCUT2D eigenvalue weighted by Gasteiger charge is 2.45. The Morgan fingerprint density at radius 3 is 2.14 bits per heavy atom. The van der Waals surface area contributed by atoms with Crippen LogP contribution in [0, 0.1) is 5.92 Å². The molecular formula is C23H27BrO5. The Kier molecular flexibility index (Phi) is 8.24. The number of carbonyl (C=O) groups excluding carboxylic acids is 1. The molecule has 5 nitrogen and oxygen atoms in total. The van der Waals surface area contributed by atoms with Crippen molar-refractivity contribution in [3.63, 3.8) is 0 Å². The van der Waals surface area contributed by atoms with Crippen LogP contribution in [0.1, 0.15) is 25.0 Å². The maximum absolute atomic E-state index is 11.7. The van der Waals surface area contributed by atoms with Gasteiger partial charge in [0, 0.05) is 12.8 Å². The molecule has 5 atom stereocenters. The summed E-state index contributed by atoms with van der Waals surface area (Å²) in [6.07, 6.45) is -1.08. The van der Waals surface area contributed by atoms with E-state index in [9.17, 15) is 4.79 Å². The molecule has 0 aliphatic carbocycles. The van der Waals surface area contributed by atoms with Crippen LogP contribution in [0.15, 0.2) is 60.7 Å². The highest BCUT2D eigenvalue weighted by molar-refractivity contribution is 9.09. The average molecular weight is 463 g/mol. The topological polar surface area (TPSA) is 54.0 Å². The third-order valence-electron chi connectivity index (χ3n) is 4.95. The molecule has 156 valence electrons. The number of carbonyl (C=O) groups is 1. The van der Waals surface area contributed by atoms with E-state index in [2.05, 4.69) is 15.9 Å². The molecule has 0 aromatic heterocycles. The van der Waals surface area contributed by atoms with E-state index in [1.54, 1.807) is 0 Å². The molecule has 6 heteroatoms. The molecule has 1 aliphatic rings. The monoisotopic (exact) mass is 462 g/mol. The molecule has 0 N–H and O–H groups in total. The molecule has 1 aliphatic heterocycles. The summed E-state index contributed by atoms with van der Waals surface area (Å²) in [5.74, 6) is -0.403. The van der Waals surface area contributed by atoms with Gasteiger partial charge in [-0.15, -0.1) is 0 Å². The van der Waals surface area contributed by atoms with Crippen LogP contribution in [0.3, 0.4) is 0 Å². The summed E-state index contributed by atoms with van der Waals surface area (Å²) in [6, 6.07) is 19.9. The van der Waals surface area contributed by atoms with Gasteiger partial charge in [0.1, 0.15) is 23.3 Å². The standard InChI is InChI=1S/C23H27BrO5/c1-16-21(28-17(2)25)20(15-26-13-18-9-5-3-6-10-18)29-23(24)22(16)27-14-19-11-7-4-8-12-19/h3-12,16,20-23H,13-15H2,1-2H3/t16-,20?,21+,22?,23+/m0/s1. The summed E-state index contributed by atoms with van der Waals surface area (Å²) < 4.78 is 23.7. The Morgan fingerprint density at radius 1 is 0.966 bits per heavy atom. The number of hydrogen-bond donors (Lipinski definition) is 0. The molecule has 1 heterocycles. The zero-order valence-corrected chi connectivity index (χ0v) is 18.3. The van der Waals surface area contributed by atoms with Crippen LogP contribution in [-0.4, -0.2) is 35.9 Å². The Bertz CT molecular complexity index is 752.